The second-order valence-electron chi connectivity index (χ2n) is 9.31. The van der Waals surface area contributed by atoms with Gasteiger partial charge in [-0.3, -0.25) is 9.69 Å². The van der Waals surface area contributed by atoms with Crippen LogP contribution in [0.1, 0.15) is 41.6 Å². The maximum absolute atomic E-state index is 13.8. The second kappa shape index (κ2) is 11.7. The number of nitrogens with zero attached hydrogens (tertiary/aromatic N) is 3. The quantitative estimate of drug-likeness (QED) is 0.483. The van der Waals surface area contributed by atoms with Crippen molar-refractivity contribution in [2.24, 2.45) is 0 Å². The molecule has 0 saturated carbocycles. The van der Waals surface area contributed by atoms with Gasteiger partial charge in [-0.25, -0.2) is 13.2 Å². The molecule has 0 spiro atoms. The molecule has 1 atom stereocenters. The number of amides is 1. The van der Waals surface area contributed by atoms with Crippen molar-refractivity contribution in [1.82, 2.24) is 14.1 Å². The molecule has 0 aliphatic carbocycles. The molecule has 2 aliphatic heterocycles. The van der Waals surface area contributed by atoms with E-state index in [1.807, 2.05) is 0 Å². The number of carbonyl (C=O) groups is 2. The van der Waals surface area contributed by atoms with Gasteiger partial charge in [0.2, 0.25) is 15.9 Å². The number of halogens is 1. The summed E-state index contributed by atoms with van der Waals surface area (Å²) >= 11 is 6.00. The number of piperidine rings is 1. The highest BCUT2D eigenvalue weighted by Gasteiger charge is 2.36. The molecule has 2 saturated heterocycles. The molecular weight excluding hydrogens is 502 g/mol. The number of rotatable bonds is 8. The summed E-state index contributed by atoms with van der Waals surface area (Å²) in [4.78, 5) is 29.0. The standard InChI is InChI=1S/C26H32ClN3O5S/c1-35-26(32)21-8-6-20(7-9-21)17-30(36(33,34)24-12-10-22(27)11-13-24)23-5-4-16-29(18-23)25(31)19-28-14-2-3-15-28/h6-13,23H,2-5,14-19H2,1H3. The van der Waals surface area contributed by atoms with Crippen LogP contribution in [0.5, 0.6) is 0 Å². The number of sulfonamides is 1. The first-order valence-corrected chi connectivity index (χ1v) is 14.0. The molecule has 2 aromatic carbocycles. The zero-order chi connectivity index (χ0) is 25.7. The van der Waals surface area contributed by atoms with Gasteiger partial charge in [-0.15, -0.1) is 0 Å². The number of methoxy groups -OCH3 is 1. The number of benzene rings is 2. The Morgan fingerprint density at radius 2 is 1.67 bits per heavy atom. The summed E-state index contributed by atoms with van der Waals surface area (Å²) in [6, 6.07) is 12.5. The molecule has 0 aromatic heterocycles. The van der Waals surface area contributed by atoms with Crippen molar-refractivity contribution < 1.29 is 22.7 Å². The Hall–Kier alpha value is -2.46. The van der Waals surface area contributed by atoms with Gasteiger partial charge >= 0.3 is 5.97 Å². The molecule has 10 heteroatoms. The Morgan fingerprint density at radius 1 is 1.00 bits per heavy atom. The number of hydrogen-bond acceptors (Lipinski definition) is 6. The smallest absolute Gasteiger partial charge is 0.337 e. The maximum Gasteiger partial charge on any atom is 0.337 e. The Bertz CT molecular complexity index is 1170. The lowest BCUT2D eigenvalue weighted by atomic mass is 10.0. The zero-order valence-electron chi connectivity index (χ0n) is 20.4. The highest BCUT2D eigenvalue weighted by Crippen LogP contribution is 2.27. The molecule has 2 heterocycles. The predicted molar refractivity (Wildman–Crippen MR) is 137 cm³/mol. The lowest BCUT2D eigenvalue weighted by Crippen LogP contribution is -2.52. The minimum absolute atomic E-state index is 0.0490. The highest BCUT2D eigenvalue weighted by atomic mass is 35.5. The van der Waals surface area contributed by atoms with Crippen LogP contribution >= 0.6 is 11.6 Å². The van der Waals surface area contributed by atoms with Crippen LogP contribution in [0.15, 0.2) is 53.4 Å². The minimum Gasteiger partial charge on any atom is -0.465 e. The highest BCUT2D eigenvalue weighted by molar-refractivity contribution is 7.89. The van der Waals surface area contributed by atoms with Crippen LogP contribution in [0.4, 0.5) is 0 Å². The third-order valence-electron chi connectivity index (χ3n) is 6.85. The van der Waals surface area contributed by atoms with Gasteiger partial charge < -0.3 is 9.64 Å². The van der Waals surface area contributed by atoms with E-state index in [9.17, 15) is 18.0 Å². The van der Waals surface area contributed by atoms with Gasteiger partial charge in [0.05, 0.1) is 24.1 Å². The fraction of sp³-hybridized carbons (Fsp3) is 0.462. The van der Waals surface area contributed by atoms with E-state index in [0.717, 1.165) is 37.9 Å². The van der Waals surface area contributed by atoms with E-state index in [-0.39, 0.29) is 23.4 Å². The summed E-state index contributed by atoms with van der Waals surface area (Å²) in [5.41, 5.74) is 1.13. The van der Waals surface area contributed by atoms with Crippen molar-refractivity contribution in [2.45, 2.75) is 43.2 Å². The third kappa shape index (κ3) is 6.26. The fourth-order valence-corrected chi connectivity index (χ4v) is 6.61. The largest absolute Gasteiger partial charge is 0.465 e. The number of likely N-dealkylation sites (tertiary alicyclic amines) is 2. The molecule has 2 aliphatic rings. The summed E-state index contributed by atoms with van der Waals surface area (Å²) in [6.07, 6.45) is 3.60. The molecule has 8 nitrogen and oxygen atoms in total. The van der Waals surface area contributed by atoms with E-state index < -0.39 is 16.0 Å². The average Bonchev–Trinajstić information content (AvgIpc) is 3.40. The molecule has 1 amide bonds. The zero-order valence-corrected chi connectivity index (χ0v) is 22.0. The Kier molecular flexibility index (Phi) is 8.66. The summed E-state index contributed by atoms with van der Waals surface area (Å²) in [7, 11) is -2.57. The van der Waals surface area contributed by atoms with E-state index in [2.05, 4.69) is 4.90 Å². The Morgan fingerprint density at radius 3 is 2.31 bits per heavy atom. The van der Waals surface area contributed by atoms with Gasteiger partial charge in [0, 0.05) is 30.7 Å². The summed E-state index contributed by atoms with van der Waals surface area (Å²) in [5.74, 6) is -0.403. The lowest BCUT2D eigenvalue weighted by Gasteiger charge is -2.39. The molecule has 2 fully saturated rings. The van der Waals surface area contributed by atoms with Crippen molar-refractivity contribution in [2.75, 3.05) is 39.8 Å². The number of ether oxygens (including phenoxy) is 1. The first kappa shape index (κ1) is 26.6. The van der Waals surface area contributed by atoms with E-state index >= 15 is 0 Å². The normalized spacial score (nSPS) is 19.0. The fourth-order valence-electron chi connectivity index (χ4n) is 4.84. The molecular formula is C26H32ClN3O5S. The van der Waals surface area contributed by atoms with Crippen LogP contribution in [-0.4, -0.2) is 80.3 Å². The number of carbonyl (C=O) groups excluding carboxylic acids is 2. The van der Waals surface area contributed by atoms with Crippen LogP contribution in [-0.2, 0) is 26.1 Å². The molecule has 1 unspecified atom stereocenters. The summed E-state index contributed by atoms with van der Waals surface area (Å²) < 4.78 is 33.9. The summed E-state index contributed by atoms with van der Waals surface area (Å²) in [5, 5.41) is 0.454. The Labute approximate surface area is 217 Å². The van der Waals surface area contributed by atoms with E-state index in [1.165, 1.54) is 23.5 Å². The molecule has 0 bridgehead atoms. The topological polar surface area (TPSA) is 87.2 Å². The molecule has 0 N–H and O–H groups in total. The van der Waals surface area contributed by atoms with Crippen molar-refractivity contribution in [3.8, 4) is 0 Å². The van der Waals surface area contributed by atoms with Gasteiger partial charge in [0.15, 0.2) is 0 Å². The van der Waals surface area contributed by atoms with Gasteiger partial charge in [0.25, 0.3) is 0 Å². The van der Waals surface area contributed by atoms with Crippen LogP contribution in [0, 0.1) is 0 Å². The second-order valence-corrected chi connectivity index (χ2v) is 11.6. The monoisotopic (exact) mass is 533 g/mol. The third-order valence-corrected chi connectivity index (χ3v) is 9.01. The van der Waals surface area contributed by atoms with E-state index in [0.29, 0.717) is 36.6 Å². The number of esters is 1. The SMILES string of the molecule is COC(=O)c1ccc(CN(C2CCCN(C(=O)CN3CCCC3)C2)S(=O)(=O)c2ccc(Cl)cc2)cc1. The first-order valence-electron chi connectivity index (χ1n) is 12.2. The first-order chi connectivity index (χ1) is 17.3. The molecule has 0 radical (unpaired) electrons. The average molecular weight is 534 g/mol. The maximum atomic E-state index is 13.8. The van der Waals surface area contributed by atoms with E-state index in [1.54, 1.807) is 41.3 Å². The van der Waals surface area contributed by atoms with Gasteiger partial charge in [-0.1, -0.05) is 23.7 Å². The lowest BCUT2D eigenvalue weighted by molar-refractivity contribution is -0.134. The number of hydrogen-bond donors (Lipinski definition) is 0. The molecule has 194 valence electrons. The van der Waals surface area contributed by atoms with Crippen LogP contribution in [0.3, 0.4) is 0 Å². The Balaban J connectivity index is 1.58. The minimum atomic E-state index is -3.88. The van der Waals surface area contributed by atoms with Crippen molar-refractivity contribution in [3.05, 3.63) is 64.7 Å². The van der Waals surface area contributed by atoms with E-state index in [4.69, 9.17) is 16.3 Å². The van der Waals surface area contributed by atoms with Crippen molar-refractivity contribution >= 4 is 33.5 Å². The predicted octanol–water partition coefficient (Wildman–Crippen LogP) is 3.40. The van der Waals surface area contributed by atoms with Crippen LogP contribution < -0.4 is 0 Å². The van der Waals surface area contributed by atoms with Crippen LogP contribution in [0.25, 0.3) is 0 Å². The molecule has 4 rings (SSSR count). The molecule has 36 heavy (non-hydrogen) atoms. The summed E-state index contributed by atoms with van der Waals surface area (Å²) in [6.45, 7) is 3.34. The van der Waals surface area contributed by atoms with Crippen molar-refractivity contribution in [3.63, 3.8) is 0 Å². The van der Waals surface area contributed by atoms with Gasteiger partial charge in [-0.05, 0) is 80.7 Å². The molecule has 2 aromatic rings. The van der Waals surface area contributed by atoms with Gasteiger partial charge in [-0.2, -0.15) is 4.31 Å². The van der Waals surface area contributed by atoms with Crippen LogP contribution in [0.2, 0.25) is 5.02 Å². The van der Waals surface area contributed by atoms with Crippen molar-refractivity contribution in [1.29, 1.82) is 0 Å². The van der Waals surface area contributed by atoms with Gasteiger partial charge in [0.1, 0.15) is 0 Å².